The van der Waals surface area contributed by atoms with Crippen molar-refractivity contribution in [3.05, 3.63) is 63.2 Å². The molecule has 0 fully saturated rings. The third-order valence-electron chi connectivity index (χ3n) is 3.70. The van der Waals surface area contributed by atoms with E-state index in [1.54, 1.807) is 57.1 Å². The monoisotopic (exact) mass is 376 g/mol. The maximum Gasteiger partial charge on any atom is 0.293 e. The van der Waals surface area contributed by atoms with Crippen LogP contribution in [0.2, 0.25) is 0 Å². The number of hydrogen-bond acceptors (Lipinski definition) is 6. The zero-order valence-electron chi connectivity index (χ0n) is 14.9. The number of hydrazone groups is 1. The fourth-order valence-corrected chi connectivity index (χ4v) is 3.48. The van der Waals surface area contributed by atoms with Crippen LogP contribution in [0.25, 0.3) is 0 Å². The number of nitrogens with one attached hydrogen (secondary N) is 1. The molecule has 0 aliphatic heterocycles. The molecule has 0 saturated heterocycles. The second-order valence-electron chi connectivity index (χ2n) is 6.02. The standard InChI is InChI=1S/C17H20N4O4S/c1-12-5-6-13(2)17(9-12)26(24,25)19-18-11-14-7-8-15(20(3)4)16(10-14)21(22)23/h5-11,19H,1-4H3/b18-11-. The third-order valence-corrected chi connectivity index (χ3v) is 5.06. The lowest BCUT2D eigenvalue weighted by Gasteiger charge is -2.12. The zero-order valence-corrected chi connectivity index (χ0v) is 15.7. The molecule has 1 N–H and O–H groups in total. The summed E-state index contributed by atoms with van der Waals surface area (Å²) >= 11 is 0. The summed E-state index contributed by atoms with van der Waals surface area (Å²) < 4.78 is 24.7. The van der Waals surface area contributed by atoms with Crippen LogP contribution in [0.3, 0.4) is 0 Å². The Balaban J connectivity index is 2.26. The van der Waals surface area contributed by atoms with Crippen LogP contribution in [0.4, 0.5) is 11.4 Å². The van der Waals surface area contributed by atoms with E-state index in [1.165, 1.54) is 12.3 Å². The van der Waals surface area contributed by atoms with E-state index >= 15 is 0 Å². The van der Waals surface area contributed by atoms with Gasteiger partial charge >= 0.3 is 0 Å². The van der Waals surface area contributed by atoms with E-state index in [9.17, 15) is 18.5 Å². The number of aryl methyl sites for hydroxylation is 2. The van der Waals surface area contributed by atoms with Crippen molar-refractivity contribution in [3.8, 4) is 0 Å². The molecule has 0 unspecified atom stereocenters. The molecular formula is C17H20N4O4S. The number of nitro benzene ring substituents is 1. The molecule has 0 saturated carbocycles. The van der Waals surface area contributed by atoms with Crippen molar-refractivity contribution in [1.82, 2.24) is 4.83 Å². The smallest absolute Gasteiger partial charge is 0.293 e. The number of benzene rings is 2. The fraction of sp³-hybridized carbons (Fsp3) is 0.235. The van der Waals surface area contributed by atoms with Crippen molar-refractivity contribution in [3.63, 3.8) is 0 Å². The van der Waals surface area contributed by atoms with E-state index in [-0.39, 0.29) is 10.6 Å². The Bertz CT molecular complexity index is 969. The van der Waals surface area contributed by atoms with E-state index in [1.807, 2.05) is 6.07 Å². The second kappa shape index (κ2) is 7.52. The van der Waals surface area contributed by atoms with Crippen LogP contribution in [0.1, 0.15) is 16.7 Å². The van der Waals surface area contributed by atoms with Gasteiger partial charge in [-0.15, -0.1) is 0 Å². The molecule has 0 amide bonds. The summed E-state index contributed by atoms with van der Waals surface area (Å²) in [4.78, 5) is 14.6. The summed E-state index contributed by atoms with van der Waals surface area (Å²) in [6.45, 7) is 3.49. The molecule has 0 aromatic heterocycles. The lowest BCUT2D eigenvalue weighted by Crippen LogP contribution is -2.19. The van der Waals surface area contributed by atoms with Gasteiger partial charge in [-0.3, -0.25) is 10.1 Å². The maximum absolute atomic E-state index is 12.4. The van der Waals surface area contributed by atoms with E-state index in [0.29, 0.717) is 16.8 Å². The van der Waals surface area contributed by atoms with Gasteiger partial charge in [-0.1, -0.05) is 18.2 Å². The van der Waals surface area contributed by atoms with Gasteiger partial charge in [-0.25, -0.2) is 4.83 Å². The number of rotatable bonds is 6. The minimum atomic E-state index is -3.82. The Morgan fingerprint density at radius 3 is 2.46 bits per heavy atom. The van der Waals surface area contributed by atoms with Crippen LogP contribution in [0.5, 0.6) is 0 Å². The summed E-state index contributed by atoms with van der Waals surface area (Å²) in [6, 6.07) is 9.64. The first-order valence-electron chi connectivity index (χ1n) is 7.69. The summed E-state index contributed by atoms with van der Waals surface area (Å²) in [5.74, 6) is 0. The van der Waals surface area contributed by atoms with Gasteiger partial charge in [0.15, 0.2) is 0 Å². The zero-order chi connectivity index (χ0) is 19.5. The molecule has 0 aliphatic carbocycles. The van der Waals surface area contributed by atoms with Crippen LogP contribution in [-0.2, 0) is 10.0 Å². The first kappa shape index (κ1) is 19.4. The number of nitrogens with zero attached hydrogens (tertiary/aromatic N) is 3. The van der Waals surface area contributed by atoms with Crippen LogP contribution in [-0.4, -0.2) is 33.7 Å². The van der Waals surface area contributed by atoms with E-state index in [2.05, 4.69) is 9.93 Å². The molecule has 9 heteroatoms. The number of nitro groups is 1. The number of anilines is 1. The normalized spacial score (nSPS) is 11.5. The fourth-order valence-electron chi connectivity index (χ4n) is 2.36. The van der Waals surface area contributed by atoms with Crippen molar-refractivity contribution < 1.29 is 13.3 Å². The lowest BCUT2D eigenvalue weighted by molar-refractivity contribution is -0.384. The van der Waals surface area contributed by atoms with Crippen molar-refractivity contribution >= 4 is 27.6 Å². The first-order chi connectivity index (χ1) is 12.1. The first-order valence-corrected chi connectivity index (χ1v) is 9.18. The molecule has 0 bridgehead atoms. The molecular weight excluding hydrogens is 356 g/mol. The Morgan fingerprint density at radius 2 is 1.85 bits per heavy atom. The van der Waals surface area contributed by atoms with E-state index < -0.39 is 14.9 Å². The molecule has 8 nitrogen and oxygen atoms in total. The largest absolute Gasteiger partial charge is 0.372 e. The predicted octanol–water partition coefficient (Wildman–Crippen LogP) is 2.59. The van der Waals surface area contributed by atoms with Crippen LogP contribution in [0.15, 0.2) is 46.4 Å². The highest BCUT2D eigenvalue weighted by molar-refractivity contribution is 7.89. The quantitative estimate of drug-likeness (QED) is 0.474. The minimum Gasteiger partial charge on any atom is -0.372 e. The van der Waals surface area contributed by atoms with Gasteiger partial charge in [0.2, 0.25) is 0 Å². The average Bonchev–Trinajstić information content (AvgIpc) is 2.56. The Labute approximate surface area is 152 Å². The topological polar surface area (TPSA) is 105 Å². The van der Waals surface area contributed by atoms with E-state index in [4.69, 9.17) is 0 Å². The molecule has 2 aromatic carbocycles. The Kier molecular flexibility index (Phi) is 5.61. The van der Waals surface area contributed by atoms with Crippen molar-refractivity contribution in [2.75, 3.05) is 19.0 Å². The van der Waals surface area contributed by atoms with Crippen molar-refractivity contribution in [1.29, 1.82) is 0 Å². The summed E-state index contributed by atoms with van der Waals surface area (Å²) in [5, 5.41) is 14.9. The van der Waals surface area contributed by atoms with Crippen molar-refractivity contribution in [2.45, 2.75) is 18.7 Å². The predicted molar refractivity (Wildman–Crippen MR) is 101 cm³/mol. The average molecular weight is 376 g/mol. The minimum absolute atomic E-state index is 0.0867. The SMILES string of the molecule is Cc1ccc(C)c(S(=O)(=O)N/N=C\c2ccc(N(C)C)c([N+](=O)[O-])c2)c1. The highest BCUT2D eigenvalue weighted by Crippen LogP contribution is 2.27. The van der Waals surface area contributed by atoms with E-state index in [0.717, 1.165) is 5.56 Å². The highest BCUT2D eigenvalue weighted by atomic mass is 32.2. The second-order valence-corrected chi connectivity index (χ2v) is 7.65. The molecule has 0 radical (unpaired) electrons. The summed E-state index contributed by atoms with van der Waals surface area (Å²) in [5.41, 5.74) is 2.18. The molecule has 0 aliphatic rings. The Hall–Kier alpha value is -2.94. The summed E-state index contributed by atoms with van der Waals surface area (Å²) in [6.07, 6.45) is 1.23. The maximum atomic E-state index is 12.4. The number of hydrogen-bond donors (Lipinski definition) is 1. The van der Waals surface area contributed by atoms with Gasteiger partial charge in [0.1, 0.15) is 5.69 Å². The van der Waals surface area contributed by atoms with Crippen LogP contribution in [0, 0.1) is 24.0 Å². The van der Waals surface area contributed by atoms with Gasteiger partial charge in [0.25, 0.3) is 15.7 Å². The lowest BCUT2D eigenvalue weighted by atomic mass is 10.2. The molecule has 138 valence electrons. The van der Waals surface area contributed by atoms with Gasteiger partial charge in [-0.05, 0) is 37.1 Å². The number of sulfonamides is 1. The molecule has 0 spiro atoms. The molecule has 26 heavy (non-hydrogen) atoms. The Morgan fingerprint density at radius 1 is 1.15 bits per heavy atom. The van der Waals surface area contributed by atoms with Crippen molar-refractivity contribution in [2.24, 2.45) is 5.10 Å². The molecule has 2 rings (SSSR count). The molecule has 0 atom stereocenters. The molecule has 0 heterocycles. The third kappa shape index (κ3) is 4.37. The van der Waals surface area contributed by atoms with Gasteiger partial charge in [0.05, 0.1) is 16.0 Å². The van der Waals surface area contributed by atoms with Crippen LogP contribution < -0.4 is 9.73 Å². The summed E-state index contributed by atoms with van der Waals surface area (Å²) in [7, 11) is -0.416. The van der Waals surface area contributed by atoms with Gasteiger partial charge < -0.3 is 4.90 Å². The highest BCUT2D eigenvalue weighted by Gasteiger charge is 2.17. The van der Waals surface area contributed by atoms with Crippen LogP contribution >= 0.6 is 0 Å². The van der Waals surface area contributed by atoms with Gasteiger partial charge in [-0.2, -0.15) is 13.5 Å². The molecule has 2 aromatic rings. The van der Waals surface area contributed by atoms with Gasteiger partial charge in [0, 0.05) is 25.7 Å².